The van der Waals surface area contributed by atoms with Gasteiger partial charge in [-0.05, 0) is 44.5 Å². The first-order valence-electron chi connectivity index (χ1n) is 6.77. The Kier molecular flexibility index (Phi) is 5.21. The lowest BCUT2D eigenvalue weighted by atomic mass is 10.1. The summed E-state index contributed by atoms with van der Waals surface area (Å²) < 4.78 is 13.8. The second-order valence-electron chi connectivity index (χ2n) is 5.04. The van der Waals surface area contributed by atoms with Crippen LogP contribution < -0.4 is 5.73 Å². The van der Waals surface area contributed by atoms with Gasteiger partial charge in [0.15, 0.2) is 0 Å². The van der Waals surface area contributed by atoms with Gasteiger partial charge in [0.1, 0.15) is 5.82 Å². The summed E-state index contributed by atoms with van der Waals surface area (Å²) in [5, 5.41) is 0. The molecule has 0 radical (unpaired) electrons. The van der Waals surface area contributed by atoms with Crippen LogP contribution in [0.2, 0.25) is 0 Å². The second kappa shape index (κ2) is 6.91. The smallest absolute Gasteiger partial charge is 0.127 e. The highest BCUT2D eigenvalue weighted by atomic mass is 32.2. The van der Waals surface area contributed by atoms with Crippen LogP contribution in [0, 0.1) is 19.7 Å². The van der Waals surface area contributed by atoms with Crippen LogP contribution in [0.1, 0.15) is 22.3 Å². The lowest BCUT2D eigenvalue weighted by Crippen LogP contribution is -2.05. The van der Waals surface area contributed by atoms with E-state index in [1.165, 1.54) is 22.8 Å². The standard InChI is InChI=1S/C17H20FNS/c1-12-8-13(2)10-14(9-12)11-20-17-5-3-4-16(18)15(17)6-7-19/h3-5,8-10H,6-7,11,19H2,1-2H3. The molecule has 3 heteroatoms. The lowest BCUT2D eigenvalue weighted by molar-refractivity contribution is 0.603. The van der Waals surface area contributed by atoms with E-state index in [2.05, 4.69) is 32.0 Å². The van der Waals surface area contributed by atoms with Gasteiger partial charge in [0.05, 0.1) is 0 Å². The highest BCUT2D eigenvalue weighted by Gasteiger charge is 2.08. The topological polar surface area (TPSA) is 26.0 Å². The summed E-state index contributed by atoms with van der Waals surface area (Å²) in [7, 11) is 0. The van der Waals surface area contributed by atoms with Crippen LogP contribution in [0.3, 0.4) is 0 Å². The summed E-state index contributed by atoms with van der Waals surface area (Å²) in [6, 6.07) is 11.8. The van der Waals surface area contributed by atoms with Gasteiger partial charge in [0, 0.05) is 16.2 Å². The third kappa shape index (κ3) is 3.84. The molecule has 0 fully saturated rings. The van der Waals surface area contributed by atoms with Crippen LogP contribution in [0.15, 0.2) is 41.3 Å². The van der Waals surface area contributed by atoms with Gasteiger partial charge in [-0.15, -0.1) is 11.8 Å². The molecule has 0 heterocycles. The molecule has 1 nitrogen and oxygen atoms in total. The predicted octanol–water partition coefficient (Wildman–Crippen LogP) is 4.24. The lowest BCUT2D eigenvalue weighted by Gasteiger charge is -2.10. The minimum Gasteiger partial charge on any atom is -0.330 e. The van der Waals surface area contributed by atoms with Crippen LogP contribution in [0.4, 0.5) is 4.39 Å². The number of aryl methyl sites for hydroxylation is 2. The van der Waals surface area contributed by atoms with E-state index in [-0.39, 0.29) is 5.82 Å². The van der Waals surface area contributed by atoms with Crippen LogP contribution >= 0.6 is 11.8 Å². The zero-order valence-electron chi connectivity index (χ0n) is 11.9. The first kappa shape index (κ1) is 15.1. The third-order valence-electron chi connectivity index (χ3n) is 3.15. The van der Waals surface area contributed by atoms with E-state index in [0.29, 0.717) is 13.0 Å². The van der Waals surface area contributed by atoms with Crippen molar-refractivity contribution >= 4 is 11.8 Å². The predicted molar refractivity (Wildman–Crippen MR) is 84.6 cm³/mol. The quantitative estimate of drug-likeness (QED) is 0.833. The fourth-order valence-corrected chi connectivity index (χ4v) is 3.41. The summed E-state index contributed by atoms with van der Waals surface area (Å²) >= 11 is 1.68. The molecule has 2 N–H and O–H groups in total. The Balaban J connectivity index is 2.16. The Morgan fingerprint density at radius 3 is 2.45 bits per heavy atom. The molecule has 0 saturated heterocycles. The first-order chi connectivity index (χ1) is 9.60. The molecule has 0 aliphatic carbocycles. The molecule has 2 aromatic carbocycles. The number of rotatable bonds is 5. The second-order valence-corrected chi connectivity index (χ2v) is 6.06. The average Bonchev–Trinajstić information content (AvgIpc) is 2.38. The first-order valence-corrected chi connectivity index (χ1v) is 7.76. The Labute approximate surface area is 124 Å². The van der Waals surface area contributed by atoms with Gasteiger partial charge >= 0.3 is 0 Å². The van der Waals surface area contributed by atoms with Crippen LogP contribution in [0.5, 0.6) is 0 Å². The zero-order chi connectivity index (χ0) is 14.5. The van der Waals surface area contributed by atoms with E-state index >= 15 is 0 Å². The molecule has 0 spiro atoms. The molecule has 0 aliphatic heterocycles. The van der Waals surface area contributed by atoms with Crippen molar-refractivity contribution < 1.29 is 4.39 Å². The van der Waals surface area contributed by atoms with Crippen molar-refractivity contribution in [3.05, 3.63) is 64.5 Å². The third-order valence-corrected chi connectivity index (χ3v) is 4.32. The van der Waals surface area contributed by atoms with E-state index in [1.54, 1.807) is 17.8 Å². The molecule has 0 aliphatic rings. The highest BCUT2D eigenvalue weighted by molar-refractivity contribution is 7.98. The van der Waals surface area contributed by atoms with E-state index in [4.69, 9.17) is 5.73 Å². The summed E-state index contributed by atoms with van der Waals surface area (Å²) in [5.41, 5.74) is 10.1. The summed E-state index contributed by atoms with van der Waals surface area (Å²) in [6.45, 7) is 4.67. The number of benzene rings is 2. The minimum absolute atomic E-state index is 0.152. The maximum atomic E-state index is 13.8. The van der Waals surface area contributed by atoms with Crippen molar-refractivity contribution in [3.63, 3.8) is 0 Å². The fourth-order valence-electron chi connectivity index (χ4n) is 2.37. The van der Waals surface area contributed by atoms with E-state index in [1.807, 2.05) is 6.07 Å². The van der Waals surface area contributed by atoms with Crippen LogP contribution in [-0.4, -0.2) is 6.54 Å². The Morgan fingerprint density at radius 1 is 1.10 bits per heavy atom. The Hall–Kier alpha value is -1.32. The monoisotopic (exact) mass is 289 g/mol. The molecule has 0 aromatic heterocycles. The van der Waals surface area contributed by atoms with Crippen LogP contribution in [-0.2, 0) is 12.2 Å². The van der Waals surface area contributed by atoms with E-state index < -0.39 is 0 Å². The van der Waals surface area contributed by atoms with Gasteiger partial charge in [-0.25, -0.2) is 4.39 Å². The molecule has 0 bridgehead atoms. The van der Waals surface area contributed by atoms with Gasteiger partial charge in [0.2, 0.25) is 0 Å². The van der Waals surface area contributed by atoms with Gasteiger partial charge in [-0.3, -0.25) is 0 Å². The van der Waals surface area contributed by atoms with Gasteiger partial charge in [-0.2, -0.15) is 0 Å². The molecule has 2 rings (SSSR count). The van der Waals surface area contributed by atoms with Gasteiger partial charge in [-0.1, -0.05) is 35.4 Å². The SMILES string of the molecule is Cc1cc(C)cc(CSc2cccc(F)c2CCN)c1. The maximum absolute atomic E-state index is 13.8. The molecule has 0 atom stereocenters. The molecule has 0 amide bonds. The maximum Gasteiger partial charge on any atom is 0.127 e. The molecular formula is C17H20FNS. The van der Waals surface area contributed by atoms with Crippen molar-refractivity contribution in [1.82, 2.24) is 0 Å². The van der Waals surface area contributed by atoms with Crippen molar-refractivity contribution in [3.8, 4) is 0 Å². The van der Waals surface area contributed by atoms with Gasteiger partial charge < -0.3 is 5.73 Å². The molecule has 2 aromatic rings. The fraction of sp³-hybridized carbons (Fsp3) is 0.294. The van der Waals surface area contributed by atoms with E-state index in [9.17, 15) is 4.39 Å². The number of hydrogen-bond donors (Lipinski definition) is 1. The molecule has 0 saturated carbocycles. The largest absolute Gasteiger partial charge is 0.330 e. The normalized spacial score (nSPS) is 10.8. The Morgan fingerprint density at radius 2 is 1.80 bits per heavy atom. The molecule has 20 heavy (non-hydrogen) atoms. The number of nitrogens with two attached hydrogens (primary N) is 1. The Bertz CT molecular complexity index is 575. The van der Waals surface area contributed by atoms with E-state index in [0.717, 1.165) is 16.2 Å². The summed E-state index contributed by atoms with van der Waals surface area (Å²) in [4.78, 5) is 0.995. The van der Waals surface area contributed by atoms with Gasteiger partial charge in [0.25, 0.3) is 0 Å². The molecular weight excluding hydrogens is 269 g/mol. The molecule has 0 unspecified atom stereocenters. The minimum atomic E-state index is -0.152. The zero-order valence-corrected chi connectivity index (χ0v) is 12.8. The molecule has 106 valence electrons. The van der Waals surface area contributed by atoms with Crippen molar-refractivity contribution in [1.29, 1.82) is 0 Å². The summed E-state index contributed by atoms with van der Waals surface area (Å²) in [5.74, 6) is 0.699. The van der Waals surface area contributed by atoms with Crippen molar-refractivity contribution in [2.75, 3.05) is 6.54 Å². The van der Waals surface area contributed by atoms with Crippen LogP contribution in [0.25, 0.3) is 0 Å². The number of thioether (sulfide) groups is 1. The van der Waals surface area contributed by atoms with Crippen molar-refractivity contribution in [2.45, 2.75) is 30.9 Å². The summed E-state index contributed by atoms with van der Waals surface area (Å²) in [6.07, 6.45) is 0.585. The van der Waals surface area contributed by atoms with Crippen molar-refractivity contribution in [2.24, 2.45) is 5.73 Å². The number of halogens is 1. The highest BCUT2D eigenvalue weighted by Crippen LogP contribution is 2.28. The number of hydrogen-bond acceptors (Lipinski definition) is 2. The average molecular weight is 289 g/mol.